The van der Waals surface area contributed by atoms with Crippen molar-refractivity contribution in [2.24, 2.45) is 0 Å². The summed E-state index contributed by atoms with van der Waals surface area (Å²) in [5.41, 5.74) is 5.49. The maximum atomic E-state index is 10.8. The molecule has 19 heavy (non-hydrogen) atoms. The molecule has 0 spiro atoms. The molecule has 2 rings (SSSR count). The smallest absolute Gasteiger partial charge is 0.287 e. The van der Waals surface area contributed by atoms with Gasteiger partial charge < -0.3 is 10.5 Å². The van der Waals surface area contributed by atoms with Gasteiger partial charge in [0.25, 0.3) is 5.69 Å². The Balaban J connectivity index is 2.38. The molecule has 0 amide bonds. The molecule has 0 saturated heterocycles. The van der Waals surface area contributed by atoms with Gasteiger partial charge >= 0.3 is 0 Å². The van der Waals surface area contributed by atoms with Gasteiger partial charge in [0, 0.05) is 12.1 Å². The minimum absolute atomic E-state index is 0.0868. The lowest BCUT2D eigenvalue weighted by atomic mass is 10.3. The first-order valence-electron chi connectivity index (χ1n) is 5.19. The summed E-state index contributed by atoms with van der Waals surface area (Å²) < 4.78 is 5.72. The maximum Gasteiger partial charge on any atom is 0.287 e. The van der Waals surface area contributed by atoms with Crippen LogP contribution >= 0.6 is 15.9 Å². The maximum absolute atomic E-state index is 10.8. The normalized spacial score (nSPS) is 10.2. The highest BCUT2D eigenvalue weighted by molar-refractivity contribution is 9.10. The number of nitrogens with zero attached hydrogens (tertiary/aromatic N) is 3. The highest BCUT2D eigenvalue weighted by Gasteiger charge is 2.16. The van der Waals surface area contributed by atoms with Crippen molar-refractivity contribution in [2.75, 3.05) is 5.73 Å². The number of anilines is 1. The topological polar surface area (TPSA) is 104 Å². The summed E-state index contributed by atoms with van der Waals surface area (Å²) in [6, 6.07) is 5.93. The van der Waals surface area contributed by atoms with Crippen LogP contribution in [0.25, 0.3) is 0 Å². The number of aryl methyl sites for hydroxylation is 1. The first kappa shape index (κ1) is 13.2. The Labute approximate surface area is 116 Å². The molecular weight excluding hydrogens is 316 g/mol. The second-order valence-corrected chi connectivity index (χ2v) is 4.42. The lowest BCUT2D eigenvalue weighted by Gasteiger charge is -2.07. The van der Waals surface area contributed by atoms with Crippen LogP contribution in [0.2, 0.25) is 0 Å². The number of nitrogens with two attached hydrogens (primary N) is 1. The Morgan fingerprint density at radius 1 is 1.42 bits per heavy atom. The van der Waals surface area contributed by atoms with E-state index in [1.54, 1.807) is 13.0 Å². The highest BCUT2D eigenvalue weighted by atomic mass is 79.9. The van der Waals surface area contributed by atoms with Gasteiger partial charge in [-0.15, -0.1) is 0 Å². The molecular formula is C11H9BrN4O3. The van der Waals surface area contributed by atoms with E-state index < -0.39 is 4.92 Å². The van der Waals surface area contributed by atoms with Gasteiger partial charge in [-0.05, 0) is 28.9 Å². The lowest BCUT2D eigenvalue weighted by Crippen LogP contribution is -1.98. The molecule has 1 heterocycles. The molecule has 0 atom stereocenters. The molecule has 2 aromatic rings. The molecule has 0 saturated carbocycles. The molecule has 98 valence electrons. The number of benzene rings is 1. The van der Waals surface area contributed by atoms with Gasteiger partial charge in [-0.1, -0.05) is 6.07 Å². The zero-order chi connectivity index (χ0) is 14.0. The van der Waals surface area contributed by atoms with E-state index in [2.05, 4.69) is 25.9 Å². The number of hydrogen-bond donors (Lipinski definition) is 1. The van der Waals surface area contributed by atoms with Crippen LogP contribution < -0.4 is 10.5 Å². The Morgan fingerprint density at radius 3 is 2.79 bits per heavy atom. The third kappa shape index (κ3) is 2.97. The second-order valence-electron chi connectivity index (χ2n) is 3.63. The number of nitrogen functional groups attached to an aromatic ring is 1. The lowest BCUT2D eigenvalue weighted by molar-refractivity contribution is -0.385. The predicted molar refractivity (Wildman–Crippen MR) is 72.1 cm³/mol. The van der Waals surface area contributed by atoms with Gasteiger partial charge in [-0.25, -0.2) is 4.98 Å². The summed E-state index contributed by atoms with van der Waals surface area (Å²) >= 11 is 3.14. The number of nitro benzene ring substituents is 1. The molecule has 0 fully saturated rings. The number of aromatic nitrogens is 2. The molecule has 0 aliphatic carbocycles. The van der Waals surface area contributed by atoms with Crippen molar-refractivity contribution in [3.63, 3.8) is 0 Å². The average Bonchev–Trinajstić information content (AvgIpc) is 2.30. The Morgan fingerprint density at radius 2 is 2.16 bits per heavy atom. The van der Waals surface area contributed by atoms with Crippen molar-refractivity contribution >= 4 is 27.4 Å². The Hall–Kier alpha value is -2.22. The minimum Gasteiger partial charge on any atom is -0.437 e. The fourth-order valence-electron chi connectivity index (χ4n) is 1.45. The molecule has 7 nitrogen and oxygen atoms in total. The largest absolute Gasteiger partial charge is 0.437 e. The molecule has 1 aromatic carbocycles. The van der Waals surface area contributed by atoms with Crippen LogP contribution in [0, 0.1) is 17.0 Å². The van der Waals surface area contributed by atoms with E-state index in [0.29, 0.717) is 5.82 Å². The van der Waals surface area contributed by atoms with E-state index in [1.165, 1.54) is 18.2 Å². The van der Waals surface area contributed by atoms with Gasteiger partial charge in [0.05, 0.1) is 4.92 Å². The highest BCUT2D eigenvalue weighted by Crippen LogP contribution is 2.36. The third-order valence-corrected chi connectivity index (χ3v) is 2.99. The summed E-state index contributed by atoms with van der Waals surface area (Å²) in [5, 5.41) is 10.8. The van der Waals surface area contributed by atoms with Crippen molar-refractivity contribution in [1.82, 2.24) is 9.97 Å². The Kier molecular flexibility index (Phi) is 3.61. The van der Waals surface area contributed by atoms with Gasteiger partial charge in [-0.2, -0.15) is 4.98 Å². The molecule has 1 aromatic heterocycles. The number of nitro groups is 1. The van der Waals surface area contributed by atoms with E-state index >= 15 is 0 Å². The summed E-state index contributed by atoms with van der Waals surface area (Å²) in [4.78, 5) is 18.3. The monoisotopic (exact) mass is 324 g/mol. The number of halogens is 1. The minimum atomic E-state index is -0.503. The molecule has 0 unspecified atom stereocenters. The summed E-state index contributed by atoms with van der Waals surface area (Å²) in [7, 11) is 0. The molecule has 2 N–H and O–H groups in total. The standard InChI is InChI=1S/C11H9BrN4O3/c1-6-14-9(13)5-10(15-6)19-8-4-2-3-7(11(8)12)16(17)18/h2-5H,1H3,(H2,13,14,15). The molecule has 0 aliphatic heterocycles. The number of rotatable bonds is 3. The van der Waals surface area contributed by atoms with Gasteiger partial charge in [0.2, 0.25) is 5.88 Å². The summed E-state index contributed by atoms with van der Waals surface area (Å²) in [5.74, 6) is 1.23. The average molecular weight is 325 g/mol. The summed E-state index contributed by atoms with van der Waals surface area (Å²) in [6.45, 7) is 1.67. The van der Waals surface area contributed by atoms with Crippen molar-refractivity contribution in [3.05, 3.63) is 44.7 Å². The van der Waals surface area contributed by atoms with E-state index in [1.807, 2.05) is 0 Å². The number of hydrogen-bond acceptors (Lipinski definition) is 6. The molecule has 0 bridgehead atoms. The molecule has 8 heteroatoms. The van der Waals surface area contributed by atoms with E-state index in [9.17, 15) is 10.1 Å². The van der Waals surface area contributed by atoms with E-state index in [-0.39, 0.29) is 27.6 Å². The Bertz CT molecular complexity index is 628. The fraction of sp³-hybridized carbons (Fsp3) is 0.0909. The third-order valence-electron chi connectivity index (χ3n) is 2.19. The van der Waals surface area contributed by atoms with Crippen LogP contribution in [0.3, 0.4) is 0 Å². The summed E-state index contributed by atoms with van der Waals surface area (Å²) in [6.07, 6.45) is 0. The van der Waals surface area contributed by atoms with Crippen molar-refractivity contribution in [1.29, 1.82) is 0 Å². The van der Waals surface area contributed by atoms with Gasteiger partial charge in [0.1, 0.15) is 16.1 Å². The quantitative estimate of drug-likeness (QED) is 0.687. The SMILES string of the molecule is Cc1nc(N)cc(Oc2cccc([N+](=O)[O-])c2Br)n1. The second kappa shape index (κ2) is 5.19. The van der Waals surface area contributed by atoms with E-state index in [4.69, 9.17) is 10.5 Å². The van der Waals surface area contributed by atoms with Crippen LogP contribution in [0.4, 0.5) is 11.5 Å². The number of ether oxygens (including phenoxy) is 1. The van der Waals surface area contributed by atoms with Crippen LogP contribution in [0.15, 0.2) is 28.7 Å². The van der Waals surface area contributed by atoms with E-state index in [0.717, 1.165) is 0 Å². The van der Waals surface area contributed by atoms with Crippen LogP contribution in [0.1, 0.15) is 5.82 Å². The first-order chi connectivity index (χ1) is 8.97. The van der Waals surface area contributed by atoms with Crippen LogP contribution in [0.5, 0.6) is 11.6 Å². The van der Waals surface area contributed by atoms with Gasteiger partial charge in [-0.3, -0.25) is 10.1 Å². The van der Waals surface area contributed by atoms with Crippen LogP contribution in [-0.2, 0) is 0 Å². The fourth-order valence-corrected chi connectivity index (χ4v) is 1.94. The first-order valence-corrected chi connectivity index (χ1v) is 5.98. The zero-order valence-electron chi connectivity index (χ0n) is 9.83. The van der Waals surface area contributed by atoms with Crippen molar-refractivity contribution in [3.8, 4) is 11.6 Å². The molecule has 0 radical (unpaired) electrons. The van der Waals surface area contributed by atoms with Gasteiger partial charge in [0.15, 0.2) is 5.75 Å². The van der Waals surface area contributed by atoms with Crippen molar-refractivity contribution < 1.29 is 9.66 Å². The molecule has 0 aliphatic rings. The van der Waals surface area contributed by atoms with Crippen molar-refractivity contribution in [2.45, 2.75) is 6.92 Å². The van der Waals surface area contributed by atoms with Crippen LogP contribution in [-0.4, -0.2) is 14.9 Å². The predicted octanol–water partition coefficient (Wildman–Crippen LogP) is 2.83. The zero-order valence-corrected chi connectivity index (χ0v) is 11.4.